The average molecular weight is 358 g/mol. The number of hydrogen-bond acceptors (Lipinski definition) is 2. The van der Waals surface area contributed by atoms with Crippen molar-refractivity contribution in [1.82, 2.24) is 9.88 Å². The molecule has 1 aromatic heterocycles. The van der Waals surface area contributed by atoms with Gasteiger partial charge in [0, 0.05) is 34.7 Å². The molecular weight excluding hydrogens is 343 g/mol. The number of methoxy groups -OCH3 is 1. The summed E-state index contributed by atoms with van der Waals surface area (Å²) in [5.74, 6) is 0.762. The maximum absolute atomic E-state index is 11.8. The van der Waals surface area contributed by atoms with E-state index in [4.69, 9.17) is 4.74 Å². The summed E-state index contributed by atoms with van der Waals surface area (Å²) < 4.78 is 8.37. The molecule has 1 amide bonds. The molecule has 2 rings (SSSR count). The molecule has 0 saturated heterocycles. The normalized spacial score (nSPS) is 10.7. The number of carbonyl (C=O) groups is 1. The van der Waals surface area contributed by atoms with Gasteiger partial charge in [-0.25, -0.2) is 0 Å². The van der Waals surface area contributed by atoms with Crippen LogP contribution in [0.5, 0.6) is 5.75 Å². The summed E-state index contributed by atoms with van der Waals surface area (Å²) in [5, 5.41) is 3.73. The largest absolute Gasteiger partial charge is 0.496 e. The first-order valence-electron chi connectivity index (χ1n) is 5.55. The average Bonchev–Trinajstić information content (AvgIpc) is 2.70. The van der Waals surface area contributed by atoms with Crippen LogP contribution < -0.4 is 10.1 Å². The van der Waals surface area contributed by atoms with Gasteiger partial charge in [0.25, 0.3) is 5.91 Å². The number of rotatable bonds is 2. The van der Waals surface area contributed by atoms with Crippen LogP contribution in [0.3, 0.4) is 0 Å². The molecule has 0 unspecified atom stereocenters. The van der Waals surface area contributed by atoms with E-state index >= 15 is 0 Å². The van der Waals surface area contributed by atoms with Gasteiger partial charge >= 0.3 is 0 Å². The second kappa shape index (κ2) is 4.79. The number of fused-ring (bicyclic) bond motifs is 1. The number of halogens is 1. The Balaban J connectivity index is 2.80. The summed E-state index contributed by atoms with van der Waals surface area (Å²) in [7, 11) is 5.18. The number of carbonyl (C=O) groups excluding carboxylic acids is 1. The molecule has 1 N–H and O–H groups in total. The van der Waals surface area contributed by atoms with Crippen molar-refractivity contribution in [1.29, 1.82) is 0 Å². The van der Waals surface area contributed by atoms with Gasteiger partial charge in [-0.05, 0) is 35.6 Å². The van der Waals surface area contributed by atoms with E-state index in [2.05, 4.69) is 27.9 Å². The van der Waals surface area contributed by atoms with Crippen LogP contribution in [0.1, 0.15) is 16.1 Å². The third-order valence-corrected chi connectivity index (χ3v) is 4.55. The van der Waals surface area contributed by atoms with Crippen molar-refractivity contribution >= 4 is 39.4 Å². The van der Waals surface area contributed by atoms with Crippen molar-refractivity contribution in [2.24, 2.45) is 7.05 Å². The Kier molecular flexibility index (Phi) is 3.52. The van der Waals surface area contributed by atoms with Crippen molar-refractivity contribution in [3.05, 3.63) is 27.0 Å². The lowest BCUT2D eigenvalue weighted by atomic mass is 10.1. The van der Waals surface area contributed by atoms with Gasteiger partial charge in [-0.2, -0.15) is 0 Å². The molecule has 5 heteroatoms. The second-order valence-corrected chi connectivity index (χ2v) is 5.20. The molecule has 0 fully saturated rings. The Morgan fingerprint density at radius 3 is 2.67 bits per heavy atom. The van der Waals surface area contributed by atoms with Gasteiger partial charge in [-0.15, -0.1) is 0 Å². The molecular formula is C13H15IN2O2. The summed E-state index contributed by atoms with van der Waals surface area (Å²) in [6.45, 7) is 2.02. The zero-order chi connectivity index (χ0) is 13.4. The standard InChI is InChI=1S/C13H15IN2O2/c1-7-11(18-4)6-9-8(12(7)14)5-10(16(9)3)13(17)15-2/h5-6H,1-4H3,(H,15,17). The van der Waals surface area contributed by atoms with Gasteiger partial charge in [-0.1, -0.05) is 0 Å². The fourth-order valence-electron chi connectivity index (χ4n) is 2.07. The first-order chi connectivity index (χ1) is 8.51. The van der Waals surface area contributed by atoms with E-state index in [0.717, 1.165) is 25.8 Å². The number of nitrogens with one attached hydrogen (secondary N) is 1. The highest BCUT2D eigenvalue weighted by Gasteiger charge is 2.16. The molecule has 96 valence electrons. The molecule has 0 aliphatic rings. The molecule has 4 nitrogen and oxygen atoms in total. The Morgan fingerprint density at radius 2 is 2.11 bits per heavy atom. The maximum Gasteiger partial charge on any atom is 0.267 e. The van der Waals surface area contributed by atoms with Crippen LogP contribution in [0, 0.1) is 10.5 Å². The molecule has 0 spiro atoms. The van der Waals surface area contributed by atoms with E-state index in [1.165, 1.54) is 0 Å². The number of benzene rings is 1. The number of ether oxygens (including phenoxy) is 1. The highest BCUT2D eigenvalue weighted by atomic mass is 127. The molecule has 0 radical (unpaired) electrons. The first kappa shape index (κ1) is 13.2. The van der Waals surface area contributed by atoms with Gasteiger partial charge in [0.2, 0.25) is 0 Å². The minimum Gasteiger partial charge on any atom is -0.496 e. The summed E-state index contributed by atoms with van der Waals surface area (Å²) in [4.78, 5) is 11.8. The lowest BCUT2D eigenvalue weighted by Gasteiger charge is -2.09. The fourth-order valence-corrected chi connectivity index (χ4v) is 2.77. The summed E-state index contributed by atoms with van der Waals surface area (Å²) in [6.07, 6.45) is 0. The van der Waals surface area contributed by atoms with E-state index in [1.807, 2.05) is 30.7 Å². The molecule has 18 heavy (non-hydrogen) atoms. The zero-order valence-electron chi connectivity index (χ0n) is 10.8. The maximum atomic E-state index is 11.8. The van der Waals surface area contributed by atoms with Crippen molar-refractivity contribution in [3.8, 4) is 5.75 Å². The van der Waals surface area contributed by atoms with E-state index in [-0.39, 0.29) is 5.91 Å². The Labute approximate surface area is 119 Å². The number of nitrogens with zero attached hydrogens (tertiary/aromatic N) is 1. The third-order valence-electron chi connectivity index (χ3n) is 3.16. The monoisotopic (exact) mass is 358 g/mol. The first-order valence-corrected chi connectivity index (χ1v) is 6.63. The third kappa shape index (κ3) is 1.86. The molecule has 1 aromatic carbocycles. The van der Waals surface area contributed by atoms with Gasteiger partial charge in [0.15, 0.2) is 0 Å². The quantitative estimate of drug-likeness (QED) is 0.839. The van der Waals surface area contributed by atoms with Crippen molar-refractivity contribution < 1.29 is 9.53 Å². The van der Waals surface area contributed by atoms with Crippen LogP contribution in [0.15, 0.2) is 12.1 Å². The van der Waals surface area contributed by atoms with Crippen LogP contribution >= 0.6 is 22.6 Å². The predicted molar refractivity (Wildman–Crippen MR) is 80.3 cm³/mol. The predicted octanol–water partition coefficient (Wildman–Crippen LogP) is 2.46. The van der Waals surface area contributed by atoms with Crippen LogP contribution in [0.2, 0.25) is 0 Å². The summed E-state index contributed by atoms with van der Waals surface area (Å²) in [5.41, 5.74) is 2.75. The van der Waals surface area contributed by atoms with E-state index < -0.39 is 0 Å². The van der Waals surface area contributed by atoms with Gasteiger partial charge in [-0.3, -0.25) is 4.79 Å². The molecule has 2 aromatic rings. The van der Waals surface area contributed by atoms with E-state index in [0.29, 0.717) is 5.69 Å². The highest BCUT2D eigenvalue weighted by Crippen LogP contribution is 2.33. The molecule has 0 saturated carbocycles. The molecule has 0 aliphatic heterocycles. The SMILES string of the molecule is CNC(=O)c1cc2c(I)c(C)c(OC)cc2n1C. The van der Waals surface area contributed by atoms with Crippen LogP contribution in [0.25, 0.3) is 10.9 Å². The van der Waals surface area contributed by atoms with Crippen molar-refractivity contribution in [2.45, 2.75) is 6.92 Å². The Bertz CT molecular complexity index is 632. The molecule has 1 heterocycles. The smallest absolute Gasteiger partial charge is 0.267 e. The Morgan fingerprint density at radius 1 is 1.44 bits per heavy atom. The summed E-state index contributed by atoms with van der Waals surface area (Å²) >= 11 is 2.29. The Hall–Kier alpha value is -1.24. The fraction of sp³-hybridized carbons (Fsp3) is 0.308. The topological polar surface area (TPSA) is 43.3 Å². The van der Waals surface area contributed by atoms with Gasteiger partial charge < -0.3 is 14.6 Å². The van der Waals surface area contributed by atoms with E-state index in [1.54, 1.807) is 14.2 Å². The number of aryl methyl sites for hydroxylation is 1. The second-order valence-electron chi connectivity index (χ2n) is 4.12. The zero-order valence-corrected chi connectivity index (χ0v) is 13.0. The minimum atomic E-state index is -0.0823. The van der Waals surface area contributed by atoms with Gasteiger partial charge in [0.05, 0.1) is 12.6 Å². The molecule has 0 aliphatic carbocycles. The van der Waals surface area contributed by atoms with Crippen LogP contribution in [-0.4, -0.2) is 24.6 Å². The molecule has 0 bridgehead atoms. The van der Waals surface area contributed by atoms with Crippen molar-refractivity contribution in [2.75, 3.05) is 14.2 Å². The number of hydrogen-bond donors (Lipinski definition) is 1. The van der Waals surface area contributed by atoms with Gasteiger partial charge in [0.1, 0.15) is 11.4 Å². The lowest BCUT2D eigenvalue weighted by molar-refractivity contribution is 0.0955. The number of aromatic nitrogens is 1. The highest BCUT2D eigenvalue weighted by molar-refractivity contribution is 14.1. The van der Waals surface area contributed by atoms with Crippen LogP contribution in [-0.2, 0) is 7.05 Å². The van der Waals surface area contributed by atoms with E-state index in [9.17, 15) is 4.79 Å². The van der Waals surface area contributed by atoms with Crippen LogP contribution in [0.4, 0.5) is 0 Å². The molecule has 0 atom stereocenters. The number of amides is 1. The minimum absolute atomic E-state index is 0.0823. The van der Waals surface area contributed by atoms with Crippen molar-refractivity contribution in [3.63, 3.8) is 0 Å². The summed E-state index contributed by atoms with van der Waals surface area (Å²) in [6, 6.07) is 3.89. The lowest BCUT2D eigenvalue weighted by Crippen LogP contribution is -2.20.